The third kappa shape index (κ3) is 9.88. The molecule has 0 saturated carbocycles. The molecular formula is C24H20N4O4Ru. The van der Waals surface area contributed by atoms with Crippen LogP contribution in [0.3, 0.4) is 0 Å². The predicted molar refractivity (Wildman–Crippen MR) is 114 cm³/mol. The number of carbonyl (C=O) groups excluding carboxylic acids is 2. The summed E-state index contributed by atoms with van der Waals surface area (Å²) < 4.78 is 0. The first-order valence-corrected chi connectivity index (χ1v) is 9.47. The number of pyridine rings is 4. The molecule has 0 saturated heterocycles. The normalized spacial score (nSPS) is 9.15. The molecule has 0 aromatic carbocycles. The molecule has 0 aliphatic rings. The summed E-state index contributed by atoms with van der Waals surface area (Å²) in [7, 11) is 0. The van der Waals surface area contributed by atoms with Crippen LogP contribution in [-0.4, -0.2) is 31.9 Å². The molecule has 168 valence electrons. The monoisotopic (exact) mass is 530 g/mol. The Morgan fingerprint density at radius 3 is 1.18 bits per heavy atom. The Bertz CT molecular complexity index is 1070. The van der Waals surface area contributed by atoms with Gasteiger partial charge in [-0.3, -0.25) is 9.97 Å². The van der Waals surface area contributed by atoms with Crippen molar-refractivity contribution in [3.05, 3.63) is 108 Å². The molecule has 0 fully saturated rings. The van der Waals surface area contributed by atoms with Crippen LogP contribution in [0.5, 0.6) is 0 Å². The van der Waals surface area contributed by atoms with Gasteiger partial charge in [0.2, 0.25) is 0 Å². The van der Waals surface area contributed by atoms with Crippen molar-refractivity contribution < 1.29 is 39.3 Å². The van der Waals surface area contributed by atoms with Crippen LogP contribution in [0, 0.1) is 13.8 Å². The molecule has 0 radical (unpaired) electrons. The molecule has 4 aromatic heterocycles. The van der Waals surface area contributed by atoms with E-state index in [1.54, 1.807) is 24.8 Å². The van der Waals surface area contributed by atoms with Crippen LogP contribution in [-0.2, 0) is 19.5 Å². The Labute approximate surface area is 204 Å². The van der Waals surface area contributed by atoms with Gasteiger partial charge < -0.3 is 19.8 Å². The SMILES string of the molecule is Cc1ccncc1.Cc1ccncc1.O=C([O-])c1cccc(-c2cccc(C(=O)[O-])n2)n1.[Ru+2]. The number of hydrogen-bond acceptors (Lipinski definition) is 8. The van der Waals surface area contributed by atoms with Crippen molar-refractivity contribution in [3.8, 4) is 11.4 Å². The van der Waals surface area contributed by atoms with Gasteiger partial charge in [0.05, 0.1) is 34.7 Å². The molecule has 8 nitrogen and oxygen atoms in total. The van der Waals surface area contributed by atoms with Crippen LogP contribution >= 0.6 is 0 Å². The number of aromatic nitrogens is 4. The summed E-state index contributed by atoms with van der Waals surface area (Å²) in [4.78, 5) is 36.6. The molecular weight excluding hydrogens is 509 g/mol. The Morgan fingerprint density at radius 1 is 0.606 bits per heavy atom. The van der Waals surface area contributed by atoms with Gasteiger partial charge in [0.15, 0.2) is 0 Å². The smallest absolute Gasteiger partial charge is 0.543 e. The zero-order valence-corrected chi connectivity index (χ0v) is 19.6. The van der Waals surface area contributed by atoms with Crippen LogP contribution < -0.4 is 10.2 Å². The molecule has 4 heterocycles. The summed E-state index contributed by atoms with van der Waals surface area (Å²) in [6.07, 6.45) is 7.15. The molecule has 0 N–H and O–H groups in total. The molecule has 4 aromatic rings. The minimum absolute atomic E-state index is 0. The predicted octanol–water partition coefficient (Wildman–Crippen LogP) is 1.65. The van der Waals surface area contributed by atoms with Gasteiger partial charge >= 0.3 is 19.5 Å². The fraction of sp³-hybridized carbons (Fsp3) is 0.0833. The molecule has 0 spiro atoms. The Hall–Kier alpha value is -3.84. The second-order valence-electron chi connectivity index (χ2n) is 6.44. The number of aromatic carboxylic acids is 2. The number of nitrogens with zero attached hydrogens (tertiary/aromatic N) is 4. The van der Waals surface area contributed by atoms with Crippen molar-refractivity contribution in [1.29, 1.82) is 0 Å². The molecule has 0 amide bonds. The van der Waals surface area contributed by atoms with Gasteiger partial charge in [-0.1, -0.05) is 12.1 Å². The quantitative estimate of drug-likeness (QED) is 0.366. The molecule has 0 bridgehead atoms. The van der Waals surface area contributed by atoms with Crippen LogP contribution in [0.15, 0.2) is 85.5 Å². The van der Waals surface area contributed by atoms with E-state index in [9.17, 15) is 19.8 Å². The first-order valence-electron chi connectivity index (χ1n) is 9.47. The molecule has 4 rings (SSSR count). The van der Waals surface area contributed by atoms with E-state index < -0.39 is 11.9 Å². The summed E-state index contributed by atoms with van der Waals surface area (Å²) in [6.45, 7) is 4.09. The van der Waals surface area contributed by atoms with E-state index in [1.807, 2.05) is 38.1 Å². The number of carbonyl (C=O) groups is 2. The van der Waals surface area contributed by atoms with E-state index in [0.717, 1.165) is 0 Å². The van der Waals surface area contributed by atoms with Gasteiger partial charge in [0.1, 0.15) is 0 Å². The second kappa shape index (κ2) is 14.3. The van der Waals surface area contributed by atoms with Crippen molar-refractivity contribution >= 4 is 11.9 Å². The Kier molecular flexibility index (Phi) is 11.8. The van der Waals surface area contributed by atoms with E-state index in [1.165, 1.54) is 47.5 Å². The number of aryl methyl sites for hydroxylation is 2. The number of carboxylic acids is 2. The van der Waals surface area contributed by atoms with Crippen LogP contribution in [0.25, 0.3) is 11.4 Å². The van der Waals surface area contributed by atoms with E-state index >= 15 is 0 Å². The van der Waals surface area contributed by atoms with Crippen molar-refractivity contribution in [2.45, 2.75) is 13.8 Å². The summed E-state index contributed by atoms with van der Waals surface area (Å²) in [5.74, 6) is -2.82. The van der Waals surface area contributed by atoms with Gasteiger partial charge in [-0.15, -0.1) is 0 Å². The molecule has 0 aliphatic heterocycles. The van der Waals surface area contributed by atoms with Crippen molar-refractivity contribution in [1.82, 2.24) is 19.9 Å². The molecule has 33 heavy (non-hydrogen) atoms. The first-order chi connectivity index (χ1) is 15.4. The second-order valence-corrected chi connectivity index (χ2v) is 6.44. The third-order valence-corrected chi connectivity index (χ3v) is 3.87. The Morgan fingerprint density at radius 2 is 0.939 bits per heavy atom. The molecule has 0 aliphatic carbocycles. The van der Waals surface area contributed by atoms with Gasteiger partial charge in [-0.25, -0.2) is 9.97 Å². The van der Waals surface area contributed by atoms with Crippen LogP contribution in [0.2, 0.25) is 0 Å². The fourth-order valence-corrected chi connectivity index (χ4v) is 2.23. The van der Waals surface area contributed by atoms with Gasteiger partial charge in [-0.05, 0) is 73.5 Å². The fourth-order valence-electron chi connectivity index (χ4n) is 2.23. The standard InChI is InChI=1S/C12H8N2O4.2C6H7N.Ru/c15-11(16)9-5-1-3-7(13-9)8-4-2-6-10(14-8)12(17)18;2*1-6-2-4-7-5-3-6;/h1-6H,(H,15,16)(H,17,18);2*2-5H,1H3;/q;;;+2/p-2. The number of rotatable bonds is 3. The van der Waals surface area contributed by atoms with Crippen molar-refractivity contribution in [2.24, 2.45) is 0 Å². The summed E-state index contributed by atoms with van der Waals surface area (Å²) in [5, 5.41) is 21.3. The number of carboxylic acid groups (broad SMARTS) is 2. The van der Waals surface area contributed by atoms with Crippen molar-refractivity contribution in [2.75, 3.05) is 0 Å². The maximum Gasteiger partial charge on any atom is 2.00 e. The van der Waals surface area contributed by atoms with E-state index in [-0.39, 0.29) is 42.3 Å². The third-order valence-electron chi connectivity index (χ3n) is 3.87. The topological polar surface area (TPSA) is 132 Å². The molecule has 0 unspecified atom stereocenters. The zero-order chi connectivity index (χ0) is 23.3. The minimum Gasteiger partial charge on any atom is -0.543 e. The largest absolute Gasteiger partial charge is 2.00 e. The summed E-state index contributed by atoms with van der Waals surface area (Å²) in [5.41, 5.74) is 2.53. The number of hydrogen-bond donors (Lipinski definition) is 0. The van der Waals surface area contributed by atoms with Crippen LogP contribution in [0.1, 0.15) is 32.1 Å². The average molecular weight is 530 g/mol. The van der Waals surface area contributed by atoms with E-state index in [0.29, 0.717) is 0 Å². The van der Waals surface area contributed by atoms with Crippen LogP contribution in [0.4, 0.5) is 0 Å². The first kappa shape index (κ1) is 27.2. The Balaban J connectivity index is 0.000000298. The summed E-state index contributed by atoms with van der Waals surface area (Å²) in [6, 6.07) is 16.4. The van der Waals surface area contributed by atoms with Gasteiger partial charge in [0.25, 0.3) is 0 Å². The van der Waals surface area contributed by atoms with Crippen molar-refractivity contribution in [3.63, 3.8) is 0 Å². The zero-order valence-electron chi connectivity index (χ0n) is 17.9. The van der Waals surface area contributed by atoms with E-state index in [2.05, 4.69) is 19.9 Å². The maximum atomic E-state index is 10.7. The maximum absolute atomic E-state index is 10.7. The van der Waals surface area contributed by atoms with Gasteiger partial charge in [-0.2, -0.15) is 0 Å². The van der Waals surface area contributed by atoms with E-state index in [4.69, 9.17) is 0 Å². The minimum atomic E-state index is -1.41. The summed E-state index contributed by atoms with van der Waals surface area (Å²) >= 11 is 0. The molecule has 0 atom stereocenters. The molecule has 9 heteroatoms. The average Bonchev–Trinajstić information content (AvgIpc) is 2.81. The van der Waals surface area contributed by atoms with Gasteiger partial charge in [0, 0.05) is 24.8 Å².